The maximum Gasteiger partial charge on any atom is 0.319 e. The van der Waals surface area contributed by atoms with E-state index in [4.69, 9.17) is 16.3 Å². The lowest BCUT2D eigenvalue weighted by molar-refractivity contribution is 0.141. The zero-order chi connectivity index (χ0) is 17.6. The second-order valence-electron chi connectivity index (χ2n) is 6.51. The second-order valence-corrected chi connectivity index (χ2v) is 6.95. The summed E-state index contributed by atoms with van der Waals surface area (Å²) in [6.07, 6.45) is 3.88. The maximum absolute atomic E-state index is 12.1. The van der Waals surface area contributed by atoms with Crippen LogP contribution in [-0.2, 0) is 0 Å². The van der Waals surface area contributed by atoms with Crippen molar-refractivity contribution in [3.8, 4) is 5.75 Å². The van der Waals surface area contributed by atoms with Gasteiger partial charge in [-0.05, 0) is 74.6 Å². The van der Waals surface area contributed by atoms with Gasteiger partial charge in [-0.15, -0.1) is 0 Å². The van der Waals surface area contributed by atoms with Gasteiger partial charge in [0, 0.05) is 16.8 Å². The SMILES string of the molecule is Cc1cccc(NC(=O)NC2CCC(Oc3ccc(Cl)cc3)CC2)c1. The van der Waals surface area contributed by atoms with E-state index < -0.39 is 0 Å². The fraction of sp³-hybridized carbons (Fsp3) is 0.350. The van der Waals surface area contributed by atoms with Crippen molar-refractivity contribution in [1.82, 2.24) is 5.32 Å². The zero-order valence-electron chi connectivity index (χ0n) is 14.3. The average Bonchev–Trinajstić information content (AvgIpc) is 2.59. The molecule has 2 N–H and O–H groups in total. The summed E-state index contributed by atoms with van der Waals surface area (Å²) in [5, 5.41) is 6.66. The highest BCUT2D eigenvalue weighted by atomic mass is 35.5. The minimum Gasteiger partial charge on any atom is -0.490 e. The maximum atomic E-state index is 12.1. The lowest BCUT2D eigenvalue weighted by atomic mass is 9.93. The van der Waals surface area contributed by atoms with Gasteiger partial charge in [-0.25, -0.2) is 4.79 Å². The molecule has 1 saturated carbocycles. The fourth-order valence-electron chi connectivity index (χ4n) is 3.11. The standard InChI is InChI=1S/C20H23ClN2O2/c1-14-3-2-4-17(13-14)23-20(24)22-16-7-11-19(12-8-16)25-18-9-5-15(21)6-10-18/h2-6,9-10,13,16,19H,7-8,11-12H2,1H3,(H2,22,23,24). The summed E-state index contributed by atoms with van der Waals surface area (Å²) >= 11 is 5.89. The molecule has 1 aliphatic carbocycles. The van der Waals surface area contributed by atoms with Crippen molar-refractivity contribution in [2.75, 3.05) is 5.32 Å². The first kappa shape index (κ1) is 17.6. The summed E-state index contributed by atoms with van der Waals surface area (Å²) in [5.74, 6) is 0.845. The molecule has 0 bridgehead atoms. The highest BCUT2D eigenvalue weighted by Gasteiger charge is 2.23. The van der Waals surface area contributed by atoms with Crippen molar-refractivity contribution in [3.05, 3.63) is 59.1 Å². The average molecular weight is 359 g/mol. The summed E-state index contributed by atoms with van der Waals surface area (Å²) < 4.78 is 5.99. The van der Waals surface area contributed by atoms with Crippen LogP contribution in [0.1, 0.15) is 31.2 Å². The molecule has 0 heterocycles. The number of amides is 2. The molecule has 0 saturated heterocycles. The van der Waals surface area contributed by atoms with E-state index >= 15 is 0 Å². The summed E-state index contributed by atoms with van der Waals surface area (Å²) in [6.45, 7) is 2.01. The molecule has 5 heteroatoms. The van der Waals surface area contributed by atoms with E-state index in [9.17, 15) is 4.79 Å². The molecule has 0 aliphatic heterocycles. The Balaban J connectivity index is 1.42. The summed E-state index contributed by atoms with van der Waals surface area (Å²) in [6, 6.07) is 15.3. The van der Waals surface area contributed by atoms with Crippen LogP contribution in [0.15, 0.2) is 48.5 Å². The summed E-state index contributed by atoms with van der Waals surface area (Å²) in [7, 11) is 0. The zero-order valence-corrected chi connectivity index (χ0v) is 15.1. The molecule has 1 aliphatic rings. The van der Waals surface area contributed by atoms with Crippen molar-refractivity contribution in [2.24, 2.45) is 0 Å². The largest absolute Gasteiger partial charge is 0.490 e. The Morgan fingerprint density at radius 3 is 2.48 bits per heavy atom. The van der Waals surface area contributed by atoms with E-state index in [1.165, 1.54) is 0 Å². The molecule has 0 radical (unpaired) electrons. The number of aryl methyl sites for hydroxylation is 1. The molecule has 0 atom stereocenters. The third kappa shape index (κ3) is 5.40. The van der Waals surface area contributed by atoms with Crippen LogP contribution in [0, 0.1) is 6.92 Å². The first-order valence-electron chi connectivity index (χ1n) is 8.65. The van der Waals surface area contributed by atoms with Gasteiger partial charge in [0.05, 0.1) is 6.10 Å². The molecule has 2 amide bonds. The molecule has 0 aromatic heterocycles. The Bertz CT molecular complexity index is 710. The van der Waals surface area contributed by atoms with Gasteiger partial charge in [0.2, 0.25) is 0 Å². The van der Waals surface area contributed by atoms with E-state index in [0.717, 1.165) is 42.7 Å². The van der Waals surface area contributed by atoms with E-state index in [-0.39, 0.29) is 18.2 Å². The lowest BCUT2D eigenvalue weighted by Crippen LogP contribution is -2.41. The van der Waals surface area contributed by atoms with Gasteiger partial charge in [0.25, 0.3) is 0 Å². The van der Waals surface area contributed by atoms with Crippen LogP contribution in [0.4, 0.5) is 10.5 Å². The van der Waals surface area contributed by atoms with Crippen LogP contribution in [0.5, 0.6) is 5.75 Å². The summed E-state index contributed by atoms with van der Waals surface area (Å²) in [4.78, 5) is 12.1. The first-order valence-corrected chi connectivity index (χ1v) is 9.03. The first-order chi connectivity index (χ1) is 12.1. The van der Waals surface area contributed by atoms with Crippen molar-refractivity contribution >= 4 is 23.3 Å². The van der Waals surface area contributed by atoms with Gasteiger partial charge in [-0.3, -0.25) is 0 Å². The topological polar surface area (TPSA) is 50.4 Å². The van der Waals surface area contributed by atoms with Crippen LogP contribution < -0.4 is 15.4 Å². The van der Waals surface area contributed by atoms with Crippen molar-refractivity contribution in [2.45, 2.75) is 44.8 Å². The predicted octanol–water partition coefficient (Wildman–Crippen LogP) is 5.16. The Hall–Kier alpha value is -2.20. The molecule has 4 nitrogen and oxygen atoms in total. The third-order valence-electron chi connectivity index (χ3n) is 4.40. The quantitative estimate of drug-likeness (QED) is 0.793. The number of nitrogens with one attached hydrogen (secondary N) is 2. The van der Waals surface area contributed by atoms with E-state index in [1.807, 2.05) is 55.5 Å². The molecule has 2 aromatic rings. The number of carbonyl (C=O) groups is 1. The van der Waals surface area contributed by atoms with Gasteiger partial charge in [-0.2, -0.15) is 0 Å². The number of rotatable bonds is 4. The minimum absolute atomic E-state index is 0.146. The van der Waals surface area contributed by atoms with E-state index in [0.29, 0.717) is 5.02 Å². The fourth-order valence-corrected chi connectivity index (χ4v) is 3.23. The molecular weight excluding hydrogens is 336 g/mol. The monoisotopic (exact) mass is 358 g/mol. The Labute approximate surface area is 153 Å². The molecule has 25 heavy (non-hydrogen) atoms. The number of benzene rings is 2. The molecule has 2 aromatic carbocycles. The molecule has 0 unspecified atom stereocenters. The van der Waals surface area contributed by atoms with Crippen LogP contribution in [-0.4, -0.2) is 18.2 Å². The highest BCUT2D eigenvalue weighted by molar-refractivity contribution is 6.30. The van der Waals surface area contributed by atoms with Crippen LogP contribution in [0.3, 0.4) is 0 Å². The number of hydrogen-bond donors (Lipinski definition) is 2. The van der Waals surface area contributed by atoms with Gasteiger partial charge < -0.3 is 15.4 Å². The highest BCUT2D eigenvalue weighted by Crippen LogP contribution is 2.25. The molecule has 132 valence electrons. The predicted molar refractivity (Wildman–Crippen MR) is 101 cm³/mol. The van der Waals surface area contributed by atoms with Crippen LogP contribution in [0.25, 0.3) is 0 Å². The van der Waals surface area contributed by atoms with Crippen molar-refractivity contribution in [3.63, 3.8) is 0 Å². The normalized spacial score (nSPS) is 19.9. The number of hydrogen-bond acceptors (Lipinski definition) is 2. The minimum atomic E-state index is -0.146. The lowest BCUT2D eigenvalue weighted by Gasteiger charge is -2.29. The molecule has 3 rings (SSSR count). The second kappa shape index (κ2) is 8.26. The number of carbonyl (C=O) groups excluding carboxylic acids is 1. The third-order valence-corrected chi connectivity index (χ3v) is 4.65. The van der Waals surface area contributed by atoms with E-state index in [2.05, 4.69) is 10.6 Å². The molecule has 1 fully saturated rings. The number of anilines is 1. The van der Waals surface area contributed by atoms with Crippen molar-refractivity contribution < 1.29 is 9.53 Å². The van der Waals surface area contributed by atoms with E-state index in [1.54, 1.807) is 0 Å². The Morgan fingerprint density at radius 2 is 1.80 bits per heavy atom. The van der Waals surface area contributed by atoms with Crippen LogP contribution >= 0.6 is 11.6 Å². The van der Waals surface area contributed by atoms with Gasteiger partial charge >= 0.3 is 6.03 Å². The van der Waals surface area contributed by atoms with Crippen LogP contribution in [0.2, 0.25) is 5.02 Å². The van der Waals surface area contributed by atoms with Gasteiger partial charge in [0.15, 0.2) is 0 Å². The summed E-state index contributed by atoms with van der Waals surface area (Å²) in [5.41, 5.74) is 1.94. The Kier molecular flexibility index (Phi) is 5.82. The molecular formula is C20H23ClN2O2. The number of urea groups is 1. The smallest absolute Gasteiger partial charge is 0.319 e. The van der Waals surface area contributed by atoms with Crippen molar-refractivity contribution in [1.29, 1.82) is 0 Å². The van der Waals surface area contributed by atoms with Gasteiger partial charge in [-0.1, -0.05) is 23.7 Å². The number of halogens is 1. The Morgan fingerprint density at radius 1 is 1.08 bits per heavy atom. The van der Waals surface area contributed by atoms with Gasteiger partial charge in [0.1, 0.15) is 5.75 Å². The molecule has 0 spiro atoms. The number of ether oxygens (including phenoxy) is 1.